The lowest BCUT2D eigenvalue weighted by molar-refractivity contribution is -0.263. The molecule has 0 radical (unpaired) electrons. The monoisotopic (exact) mass is 689 g/mol. The normalized spacial score (nSPS) is 17.5. The van der Waals surface area contributed by atoms with Crippen LogP contribution >= 0.6 is 0 Å². The molecule has 3 fully saturated rings. The summed E-state index contributed by atoms with van der Waals surface area (Å²) in [6.45, 7) is 0.358. The molecule has 0 aromatic carbocycles. The van der Waals surface area contributed by atoms with Crippen LogP contribution in [-0.4, -0.2) is 142 Å². The van der Waals surface area contributed by atoms with E-state index < -0.39 is 47.7 Å². The number of hydrogen-bond acceptors (Lipinski definition) is 17. The van der Waals surface area contributed by atoms with Crippen molar-refractivity contribution in [3.63, 3.8) is 0 Å². The largest absolute Gasteiger partial charge is 0.534 e. The van der Waals surface area contributed by atoms with Gasteiger partial charge in [0.05, 0.1) is 53.2 Å². The van der Waals surface area contributed by atoms with Crippen LogP contribution in [0.15, 0.2) is 0 Å². The fourth-order valence-corrected chi connectivity index (χ4v) is 4.56. The molecule has 3 heterocycles. The molecule has 20 nitrogen and oxygen atoms in total. The van der Waals surface area contributed by atoms with Crippen LogP contribution < -0.4 is 0 Å². The van der Waals surface area contributed by atoms with E-state index in [2.05, 4.69) is 14.4 Å². The van der Waals surface area contributed by atoms with E-state index in [4.69, 9.17) is 28.4 Å². The van der Waals surface area contributed by atoms with E-state index in [-0.39, 0.29) is 110 Å². The lowest BCUT2D eigenvalue weighted by atomic mass is 10.0. The fourth-order valence-electron chi connectivity index (χ4n) is 4.56. The Kier molecular flexibility index (Phi) is 15.4. The van der Waals surface area contributed by atoms with Crippen molar-refractivity contribution in [3.05, 3.63) is 0 Å². The van der Waals surface area contributed by atoms with Crippen LogP contribution in [0.1, 0.15) is 51.4 Å². The third kappa shape index (κ3) is 12.3. The number of hydrogen-bond donors (Lipinski definition) is 0. The zero-order valence-corrected chi connectivity index (χ0v) is 26.5. The molecule has 0 N–H and O–H groups in total. The molecule has 0 unspecified atom stereocenters. The number of nitrogens with zero attached hydrogens (tertiary/aromatic N) is 3. The second kappa shape index (κ2) is 19.4. The number of ether oxygens (including phenoxy) is 7. The molecule has 3 aliphatic rings. The van der Waals surface area contributed by atoms with Crippen molar-refractivity contribution in [1.82, 2.24) is 15.0 Å². The molecule has 0 aliphatic carbocycles. The lowest BCUT2D eigenvalue weighted by Crippen LogP contribution is -2.50. The predicted molar refractivity (Wildman–Crippen MR) is 150 cm³/mol. The van der Waals surface area contributed by atoms with E-state index in [0.717, 1.165) is 0 Å². The minimum atomic E-state index is -1.22. The maximum absolute atomic E-state index is 12.5. The molecule has 5 amide bonds. The number of likely N-dealkylation sites (tertiary alicyclic amines) is 1. The Hall–Kier alpha value is -4.40. The summed E-state index contributed by atoms with van der Waals surface area (Å²) in [7, 11) is 1.25. The molecule has 20 heteroatoms. The highest BCUT2D eigenvalue weighted by molar-refractivity contribution is 6.02. The average molecular weight is 690 g/mol. The number of piperidine rings is 1. The third-order valence-corrected chi connectivity index (χ3v) is 7.07. The summed E-state index contributed by atoms with van der Waals surface area (Å²) in [5, 5.41) is 0.738. The second-order valence-electron chi connectivity index (χ2n) is 10.3. The summed E-state index contributed by atoms with van der Waals surface area (Å²) in [5.41, 5.74) is 0. The zero-order chi connectivity index (χ0) is 34.9. The van der Waals surface area contributed by atoms with Crippen molar-refractivity contribution in [3.8, 4) is 0 Å². The van der Waals surface area contributed by atoms with Gasteiger partial charge < -0.3 is 38.1 Å². The Morgan fingerprint density at radius 3 is 1.44 bits per heavy atom. The Morgan fingerprint density at radius 2 is 1.02 bits per heavy atom. The van der Waals surface area contributed by atoms with Gasteiger partial charge >= 0.3 is 18.3 Å². The van der Waals surface area contributed by atoms with Gasteiger partial charge in [0.15, 0.2) is 5.79 Å². The summed E-state index contributed by atoms with van der Waals surface area (Å²) < 4.78 is 37.0. The topological polar surface area (TPSA) is 229 Å². The number of amides is 5. The first-order valence-corrected chi connectivity index (χ1v) is 15.2. The Bertz CT molecular complexity index is 1090. The van der Waals surface area contributed by atoms with Crippen molar-refractivity contribution in [1.29, 1.82) is 0 Å². The van der Waals surface area contributed by atoms with Crippen molar-refractivity contribution < 1.29 is 81.2 Å². The van der Waals surface area contributed by atoms with E-state index >= 15 is 0 Å². The molecule has 0 aromatic heterocycles. The summed E-state index contributed by atoms with van der Waals surface area (Å²) >= 11 is 0. The summed E-state index contributed by atoms with van der Waals surface area (Å²) in [6, 6.07) is 0. The number of carbonyl (C=O) groups excluding carboxylic acids is 8. The smallest absolute Gasteiger partial charge is 0.469 e. The molecule has 3 rings (SSSR count). The SMILES string of the molecule is COC(=O)CCC(=O)N1CCC(OCCOCCOC(=O)ON2C(=O)CCC2=O)(OCCOCCOC(=O)ON2C(=O)CCC2=O)CC1. The average Bonchev–Trinajstić information content (AvgIpc) is 3.56. The van der Waals surface area contributed by atoms with Gasteiger partial charge in [-0.25, -0.2) is 9.59 Å². The first-order valence-electron chi connectivity index (χ1n) is 15.2. The van der Waals surface area contributed by atoms with E-state index in [0.29, 0.717) is 23.0 Å². The van der Waals surface area contributed by atoms with E-state index in [9.17, 15) is 38.4 Å². The van der Waals surface area contributed by atoms with E-state index in [1.54, 1.807) is 4.90 Å². The van der Waals surface area contributed by atoms with Gasteiger partial charge in [-0.05, 0) is 0 Å². The Morgan fingerprint density at radius 1 is 0.604 bits per heavy atom. The minimum Gasteiger partial charge on any atom is -0.469 e. The lowest BCUT2D eigenvalue weighted by Gasteiger charge is -2.41. The minimum absolute atomic E-state index is 0.00356. The highest BCUT2D eigenvalue weighted by Crippen LogP contribution is 2.28. The van der Waals surface area contributed by atoms with Crippen LogP contribution in [0.4, 0.5) is 9.59 Å². The van der Waals surface area contributed by atoms with Crippen LogP contribution in [-0.2, 0) is 71.6 Å². The highest BCUT2D eigenvalue weighted by atomic mass is 16.8. The molecule has 3 saturated heterocycles. The summed E-state index contributed by atoms with van der Waals surface area (Å²) in [5.74, 6) is -4.33. The van der Waals surface area contributed by atoms with Crippen LogP contribution in [0.5, 0.6) is 0 Å². The van der Waals surface area contributed by atoms with Crippen LogP contribution in [0.3, 0.4) is 0 Å². The quantitative estimate of drug-likeness (QED) is 0.0560. The van der Waals surface area contributed by atoms with Gasteiger partial charge in [0.2, 0.25) is 5.91 Å². The van der Waals surface area contributed by atoms with Crippen molar-refractivity contribution in [2.45, 2.75) is 57.2 Å². The van der Waals surface area contributed by atoms with Gasteiger partial charge in [-0.1, -0.05) is 10.1 Å². The number of esters is 1. The van der Waals surface area contributed by atoms with E-state index in [1.165, 1.54) is 7.11 Å². The molecule has 0 bridgehead atoms. The van der Waals surface area contributed by atoms with Gasteiger partial charge in [0, 0.05) is 58.0 Å². The van der Waals surface area contributed by atoms with Crippen molar-refractivity contribution in [2.75, 3.05) is 73.1 Å². The molecular formula is C28H39N3O17. The molecular weight excluding hydrogens is 650 g/mol. The maximum Gasteiger partial charge on any atom is 0.534 e. The molecule has 0 spiro atoms. The number of rotatable bonds is 19. The summed E-state index contributed by atoms with van der Waals surface area (Å²) in [6.07, 6.45) is -2.06. The first kappa shape index (κ1) is 38.1. The Balaban J connectivity index is 1.35. The standard InChI is InChI=1S/C28H39N3O17/c1-40-25(37)7-6-20(32)29-10-8-28(9-11-29,45-18-14-41-12-16-43-26(38)47-30-21(33)2-3-22(30)34)46-19-15-42-13-17-44-27(39)48-31-23(35)4-5-24(31)36/h2-19H2,1H3. The third-order valence-electron chi connectivity index (χ3n) is 7.07. The number of imide groups is 2. The summed E-state index contributed by atoms with van der Waals surface area (Å²) in [4.78, 5) is 104. The number of carbonyl (C=O) groups is 8. The van der Waals surface area contributed by atoms with Gasteiger partial charge in [-0.3, -0.25) is 38.4 Å². The van der Waals surface area contributed by atoms with Gasteiger partial charge in [0.1, 0.15) is 13.2 Å². The molecule has 48 heavy (non-hydrogen) atoms. The zero-order valence-electron chi connectivity index (χ0n) is 26.5. The van der Waals surface area contributed by atoms with E-state index in [1.807, 2.05) is 0 Å². The molecule has 0 saturated carbocycles. The highest BCUT2D eigenvalue weighted by Gasteiger charge is 2.38. The van der Waals surface area contributed by atoms with Gasteiger partial charge in [0.25, 0.3) is 23.6 Å². The van der Waals surface area contributed by atoms with Crippen LogP contribution in [0, 0.1) is 0 Å². The first-order chi connectivity index (χ1) is 23.0. The number of hydroxylamine groups is 4. The molecule has 268 valence electrons. The van der Waals surface area contributed by atoms with Crippen LogP contribution in [0.25, 0.3) is 0 Å². The van der Waals surface area contributed by atoms with Crippen molar-refractivity contribution in [2.24, 2.45) is 0 Å². The van der Waals surface area contributed by atoms with Gasteiger partial charge in [-0.15, -0.1) is 0 Å². The molecule has 0 atom stereocenters. The van der Waals surface area contributed by atoms with Crippen LogP contribution in [0.2, 0.25) is 0 Å². The fraction of sp³-hybridized carbons (Fsp3) is 0.714. The molecule has 0 aromatic rings. The molecule has 3 aliphatic heterocycles. The maximum atomic E-state index is 12.5. The van der Waals surface area contributed by atoms with Crippen molar-refractivity contribution >= 4 is 47.8 Å². The number of methoxy groups -OCH3 is 1. The van der Waals surface area contributed by atoms with Gasteiger partial charge in [-0.2, -0.15) is 0 Å². The Labute approximate surface area is 274 Å². The predicted octanol–water partition coefficient (Wildman–Crippen LogP) is -0.241. The second-order valence-corrected chi connectivity index (χ2v) is 10.3.